The molecule has 0 spiro atoms. The van der Waals surface area contributed by atoms with E-state index in [1.165, 1.54) is 0 Å². The molecule has 1 aromatic rings. The van der Waals surface area contributed by atoms with Gasteiger partial charge in [0.2, 0.25) is 0 Å². The van der Waals surface area contributed by atoms with Crippen molar-refractivity contribution in [2.75, 3.05) is 13.1 Å². The van der Waals surface area contributed by atoms with Crippen LogP contribution in [0.5, 0.6) is 0 Å². The van der Waals surface area contributed by atoms with E-state index in [9.17, 15) is 4.79 Å². The minimum atomic E-state index is -0.669. The Labute approximate surface area is 98.9 Å². The van der Waals surface area contributed by atoms with Gasteiger partial charge < -0.3 is 5.11 Å². The fourth-order valence-electron chi connectivity index (χ4n) is 2.14. The predicted molar refractivity (Wildman–Crippen MR) is 62.4 cm³/mol. The van der Waals surface area contributed by atoms with Crippen molar-refractivity contribution in [2.45, 2.75) is 25.8 Å². The molecule has 2 rings (SSSR count). The normalized spacial score (nSPS) is 18.8. The number of piperidine rings is 1. The number of thiazole rings is 1. The van der Waals surface area contributed by atoms with Crippen LogP contribution in [0, 0.1) is 5.92 Å². The number of hydrogen-bond donors (Lipinski definition) is 1. The first-order chi connectivity index (χ1) is 7.74. The van der Waals surface area contributed by atoms with E-state index in [1.807, 2.05) is 5.51 Å². The van der Waals surface area contributed by atoms with Crippen LogP contribution in [0.4, 0.5) is 0 Å². The summed E-state index contributed by atoms with van der Waals surface area (Å²) < 4.78 is 0. The molecule has 2 heterocycles. The van der Waals surface area contributed by atoms with Crippen LogP contribution in [0.3, 0.4) is 0 Å². The molecule has 1 aliphatic rings. The molecular formula is C11H16N2O2S. The molecule has 1 fully saturated rings. The third kappa shape index (κ3) is 3.28. The molecule has 4 nitrogen and oxygen atoms in total. The summed E-state index contributed by atoms with van der Waals surface area (Å²) >= 11 is 1.62. The second-order valence-electron chi connectivity index (χ2n) is 4.30. The number of aliphatic carboxylic acids is 1. The van der Waals surface area contributed by atoms with Crippen LogP contribution in [0.15, 0.2) is 10.9 Å². The van der Waals surface area contributed by atoms with Gasteiger partial charge in [0.15, 0.2) is 0 Å². The first-order valence-electron chi connectivity index (χ1n) is 5.55. The molecular weight excluding hydrogens is 224 g/mol. The molecule has 0 radical (unpaired) electrons. The fourth-order valence-corrected chi connectivity index (χ4v) is 2.69. The Morgan fingerprint density at radius 2 is 2.31 bits per heavy atom. The monoisotopic (exact) mass is 240 g/mol. The van der Waals surface area contributed by atoms with Gasteiger partial charge in [-0.2, -0.15) is 0 Å². The molecule has 1 N–H and O–H groups in total. The van der Waals surface area contributed by atoms with Gasteiger partial charge >= 0.3 is 5.97 Å². The molecule has 16 heavy (non-hydrogen) atoms. The number of aromatic nitrogens is 1. The highest BCUT2D eigenvalue weighted by atomic mass is 32.1. The maximum atomic E-state index is 10.6. The summed E-state index contributed by atoms with van der Waals surface area (Å²) in [6.45, 7) is 2.90. The summed E-state index contributed by atoms with van der Waals surface area (Å²) in [6, 6.07) is 0. The largest absolute Gasteiger partial charge is 0.481 e. The summed E-state index contributed by atoms with van der Waals surface area (Å²) in [5.41, 5.74) is 2.98. The predicted octanol–water partition coefficient (Wildman–Crippen LogP) is 1.83. The van der Waals surface area contributed by atoms with Gasteiger partial charge in [-0.25, -0.2) is 4.98 Å². The first kappa shape index (κ1) is 11.5. The molecule has 88 valence electrons. The van der Waals surface area contributed by atoms with Gasteiger partial charge in [0.05, 0.1) is 11.2 Å². The van der Waals surface area contributed by atoms with E-state index >= 15 is 0 Å². The van der Waals surface area contributed by atoms with E-state index in [-0.39, 0.29) is 0 Å². The Kier molecular flexibility index (Phi) is 3.90. The standard InChI is InChI=1S/C11H16N2O2S/c14-11(15)5-9-1-3-13(4-2-9)6-10-7-16-8-12-10/h7-9H,1-6H2,(H,14,15). The van der Waals surface area contributed by atoms with Crippen LogP contribution < -0.4 is 0 Å². The van der Waals surface area contributed by atoms with Gasteiger partial charge in [0.1, 0.15) is 0 Å². The first-order valence-corrected chi connectivity index (χ1v) is 6.49. The lowest BCUT2D eigenvalue weighted by Gasteiger charge is -2.30. The lowest BCUT2D eigenvalue weighted by atomic mass is 9.93. The molecule has 0 aromatic carbocycles. The number of rotatable bonds is 4. The Morgan fingerprint density at radius 1 is 1.56 bits per heavy atom. The maximum absolute atomic E-state index is 10.6. The Balaban J connectivity index is 1.75. The highest BCUT2D eigenvalue weighted by molar-refractivity contribution is 7.07. The van der Waals surface area contributed by atoms with Crippen LogP contribution in [0.2, 0.25) is 0 Å². The number of hydrogen-bond acceptors (Lipinski definition) is 4. The average Bonchev–Trinajstić information content (AvgIpc) is 2.73. The highest BCUT2D eigenvalue weighted by Crippen LogP contribution is 2.21. The fraction of sp³-hybridized carbons (Fsp3) is 0.636. The van der Waals surface area contributed by atoms with Crippen LogP contribution in [0.1, 0.15) is 25.0 Å². The molecule has 0 saturated carbocycles. The molecule has 0 aliphatic carbocycles. The smallest absolute Gasteiger partial charge is 0.303 e. The minimum absolute atomic E-state index is 0.324. The number of carboxylic acids is 1. The minimum Gasteiger partial charge on any atom is -0.481 e. The number of carbonyl (C=O) groups is 1. The van der Waals surface area contributed by atoms with Crippen molar-refractivity contribution in [1.82, 2.24) is 9.88 Å². The van der Waals surface area contributed by atoms with Gasteiger partial charge in [0.25, 0.3) is 0 Å². The Hall–Kier alpha value is -0.940. The second-order valence-corrected chi connectivity index (χ2v) is 5.02. The summed E-state index contributed by atoms with van der Waals surface area (Å²) in [6.07, 6.45) is 2.32. The van der Waals surface area contributed by atoms with Crippen molar-refractivity contribution in [1.29, 1.82) is 0 Å². The summed E-state index contributed by atoms with van der Waals surface area (Å²) in [4.78, 5) is 17.2. The molecule has 1 aromatic heterocycles. The Morgan fingerprint density at radius 3 is 2.88 bits per heavy atom. The molecule has 5 heteroatoms. The average molecular weight is 240 g/mol. The van der Waals surface area contributed by atoms with Gasteiger partial charge in [-0.15, -0.1) is 11.3 Å². The van der Waals surface area contributed by atoms with Crippen LogP contribution in [-0.2, 0) is 11.3 Å². The van der Waals surface area contributed by atoms with E-state index in [4.69, 9.17) is 5.11 Å². The third-order valence-electron chi connectivity index (χ3n) is 3.04. The zero-order valence-electron chi connectivity index (χ0n) is 9.13. The second kappa shape index (κ2) is 5.41. The highest BCUT2D eigenvalue weighted by Gasteiger charge is 2.21. The van der Waals surface area contributed by atoms with E-state index in [1.54, 1.807) is 11.3 Å². The Bertz CT molecular complexity index is 332. The quantitative estimate of drug-likeness (QED) is 0.872. The van der Waals surface area contributed by atoms with Crippen LogP contribution >= 0.6 is 11.3 Å². The van der Waals surface area contributed by atoms with E-state index in [2.05, 4.69) is 15.3 Å². The van der Waals surface area contributed by atoms with Gasteiger partial charge in [0, 0.05) is 18.3 Å². The van der Waals surface area contributed by atoms with Gasteiger partial charge in [-0.3, -0.25) is 9.69 Å². The van der Waals surface area contributed by atoms with E-state index in [0.717, 1.165) is 38.2 Å². The van der Waals surface area contributed by atoms with Crippen molar-refractivity contribution in [3.8, 4) is 0 Å². The SMILES string of the molecule is O=C(O)CC1CCN(Cc2cscn2)CC1. The van der Waals surface area contributed by atoms with E-state index in [0.29, 0.717) is 12.3 Å². The number of carboxylic acid groups (broad SMARTS) is 1. The van der Waals surface area contributed by atoms with Crippen molar-refractivity contribution < 1.29 is 9.90 Å². The van der Waals surface area contributed by atoms with E-state index < -0.39 is 5.97 Å². The summed E-state index contributed by atoms with van der Waals surface area (Å²) in [7, 11) is 0. The zero-order valence-corrected chi connectivity index (χ0v) is 9.95. The lowest BCUT2D eigenvalue weighted by Crippen LogP contribution is -2.33. The third-order valence-corrected chi connectivity index (χ3v) is 3.67. The molecule has 0 unspecified atom stereocenters. The lowest BCUT2D eigenvalue weighted by molar-refractivity contribution is -0.138. The van der Waals surface area contributed by atoms with Gasteiger partial charge in [-0.1, -0.05) is 0 Å². The van der Waals surface area contributed by atoms with Crippen molar-refractivity contribution in [2.24, 2.45) is 5.92 Å². The molecule has 1 aliphatic heterocycles. The summed E-state index contributed by atoms with van der Waals surface area (Å²) in [5.74, 6) is -0.304. The summed E-state index contributed by atoms with van der Waals surface area (Å²) in [5, 5.41) is 10.8. The van der Waals surface area contributed by atoms with Gasteiger partial charge in [-0.05, 0) is 31.8 Å². The molecule has 0 amide bonds. The topological polar surface area (TPSA) is 53.4 Å². The van der Waals surface area contributed by atoms with Crippen molar-refractivity contribution in [3.05, 3.63) is 16.6 Å². The number of nitrogens with zero attached hydrogens (tertiary/aromatic N) is 2. The molecule has 0 atom stereocenters. The maximum Gasteiger partial charge on any atom is 0.303 e. The van der Waals surface area contributed by atoms with Crippen LogP contribution in [-0.4, -0.2) is 34.0 Å². The van der Waals surface area contributed by atoms with Crippen molar-refractivity contribution >= 4 is 17.3 Å². The molecule has 0 bridgehead atoms. The van der Waals surface area contributed by atoms with Crippen LogP contribution in [0.25, 0.3) is 0 Å². The molecule has 1 saturated heterocycles. The van der Waals surface area contributed by atoms with Crippen molar-refractivity contribution in [3.63, 3.8) is 0 Å². The zero-order chi connectivity index (χ0) is 11.4. The number of likely N-dealkylation sites (tertiary alicyclic amines) is 1.